The van der Waals surface area contributed by atoms with Crippen molar-refractivity contribution in [3.05, 3.63) is 17.5 Å². The number of methoxy groups -OCH3 is 1. The largest absolute Gasteiger partial charge is 0.469 e. The second kappa shape index (κ2) is 8.69. The smallest absolute Gasteiger partial charge is 0.307 e. The van der Waals surface area contributed by atoms with Gasteiger partial charge >= 0.3 is 5.97 Å². The summed E-state index contributed by atoms with van der Waals surface area (Å²) in [7, 11) is 1.40. The molecule has 1 N–H and O–H groups in total. The number of aryl methyl sites for hydroxylation is 1. The lowest BCUT2D eigenvalue weighted by molar-refractivity contribution is -0.141. The van der Waals surface area contributed by atoms with Crippen LogP contribution in [0, 0.1) is 5.92 Å². The minimum absolute atomic E-state index is 0.129. The molecule has 2 fully saturated rings. The second-order valence-electron chi connectivity index (χ2n) is 7.73. The molecule has 0 radical (unpaired) electrons. The molecule has 1 aromatic heterocycles. The highest BCUT2D eigenvalue weighted by Crippen LogP contribution is 2.39. The van der Waals surface area contributed by atoms with Gasteiger partial charge in [0.2, 0.25) is 0 Å². The number of ether oxygens (including phenoxy) is 1. The van der Waals surface area contributed by atoms with Gasteiger partial charge in [0.05, 0.1) is 19.2 Å². The molecule has 144 valence electrons. The summed E-state index contributed by atoms with van der Waals surface area (Å²) >= 11 is 0. The standard InChI is InChI=1S/C20H31N3O3/c1-3-23-18(13-17(22-23)15-9-10-15)20(25)21-16(12-19(24)26-2)11-14-7-5-4-6-8-14/h13-16H,3-12H2,1-2H3,(H,21,25)/t16-/m0/s1. The Morgan fingerprint density at radius 3 is 2.62 bits per heavy atom. The third-order valence-corrected chi connectivity index (χ3v) is 5.65. The van der Waals surface area contributed by atoms with Gasteiger partial charge in [-0.1, -0.05) is 32.1 Å². The molecule has 26 heavy (non-hydrogen) atoms. The van der Waals surface area contributed by atoms with Crippen LogP contribution in [0.4, 0.5) is 0 Å². The zero-order chi connectivity index (χ0) is 18.5. The highest BCUT2D eigenvalue weighted by molar-refractivity contribution is 5.93. The SMILES string of the molecule is CCn1nc(C2CC2)cc1C(=O)N[C@H](CC(=O)OC)CC1CCCCC1. The molecule has 2 aliphatic rings. The Hall–Kier alpha value is -1.85. The summed E-state index contributed by atoms with van der Waals surface area (Å²) in [5.74, 6) is 0.698. The number of carbonyl (C=O) groups is 2. The van der Waals surface area contributed by atoms with Gasteiger partial charge in [0, 0.05) is 18.5 Å². The van der Waals surface area contributed by atoms with Gasteiger partial charge < -0.3 is 10.1 Å². The quantitative estimate of drug-likeness (QED) is 0.720. The minimum Gasteiger partial charge on any atom is -0.469 e. The fraction of sp³-hybridized carbons (Fsp3) is 0.750. The first kappa shape index (κ1) is 18.9. The summed E-state index contributed by atoms with van der Waals surface area (Å²) in [5.41, 5.74) is 1.63. The molecule has 6 heteroatoms. The molecular formula is C20H31N3O3. The van der Waals surface area contributed by atoms with Crippen LogP contribution in [0.1, 0.15) is 86.8 Å². The Labute approximate surface area is 155 Å². The molecule has 0 aliphatic heterocycles. The number of carbonyl (C=O) groups excluding carboxylic acids is 2. The molecule has 2 saturated carbocycles. The van der Waals surface area contributed by atoms with Crippen molar-refractivity contribution in [1.82, 2.24) is 15.1 Å². The van der Waals surface area contributed by atoms with Crippen LogP contribution in [0.3, 0.4) is 0 Å². The van der Waals surface area contributed by atoms with E-state index in [0.29, 0.717) is 24.1 Å². The van der Waals surface area contributed by atoms with Gasteiger partial charge in [-0.2, -0.15) is 5.10 Å². The van der Waals surface area contributed by atoms with Crippen LogP contribution in [0.25, 0.3) is 0 Å². The van der Waals surface area contributed by atoms with Gasteiger partial charge in [-0.15, -0.1) is 0 Å². The van der Waals surface area contributed by atoms with Crippen molar-refractivity contribution in [1.29, 1.82) is 0 Å². The number of nitrogens with zero attached hydrogens (tertiary/aromatic N) is 2. The van der Waals surface area contributed by atoms with Crippen molar-refractivity contribution < 1.29 is 14.3 Å². The van der Waals surface area contributed by atoms with Crippen molar-refractivity contribution in [3.63, 3.8) is 0 Å². The van der Waals surface area contributed by atoms with Crippen LogP contribution in [0.5, 0.6) is 0 Å². The lowest BCUT2D eigenvalue weighted by Crippen LogP contribution is -2.39. The lowest BCUT2D eigenvalue weighted by atomic mass is 9.84. The average Bonchev–Trinajstić information content (AvgIpc) is 3.41. The Morgan fingerprint density at radius 1 is 1.27 bits per heavy atom. The zero-order valence-corrected chi connectivity index (χ0v) is 16.0. The highest BCUT2D eigenvalue weighted by atomic mass is 16.5. The first-order valence-corrected chi connectivity index (χ1v) is 10.1. The molecule has 6 nitrogen and oxygen atoms in total. The summed E-state index contributed by atoms with van der Waals surface area (Å²) in [5, 5.41) is 7.67. The molecular weight excluding hydrogens is 330 g/mol. The molecule has 3 rings (SSSR count). The first-order chi connectivity index (χ1) is 12.6. The molecule has 1 atom stereocenters. The third-order valence-electron chi connectivity index (χ3n) is 5.65. The van der Waals surface area contributed by atoms with Crippen molar-refractivity contribution in [2.24, 2.45) is 5.92 Å². The Kier molecular flexibility index (Phi) is 6.33. The Morgan fingerprint density at radius 2 is 2.00 bits per heavy atom. The molecule has 0 spiro atoms. The number of hydrogen-bond donors (Lipinski definition) is 1. The lowest BCUT2D eigenvalue weighted by Gasteiger charge is -2.26. The van der Waals surface area contributed by atoms with E-state index in [0.717, 1.165) is 25.0 Å². The normalized spacial score (nSPS) is 19.2. The van der Waals surface area contributed by atoms with E-state index in [1.54, 1.807) is 4.68 Å². The van der Waals surface area contributed by atoms with Gasteiger partial charge in [0.1, 0.15) is 5.69 Å². The summed E-state index contributed by atoms with van der Waals surface area (Å²) in [6.07, 6.45) is 9.56. The van der Waals surface area contributed by atoms with Crippen LogP contribution in [-0.2, 0) is 16.1 Å². The van der Waals surface area contributed by atoms with E-state index in [2.05, 4.69) is 10.4 Å². The summed E-state index contributed by atoms with van der Waals surface area (Å²) in [6, 6.07) is 1.74. The van der Waals surface area contributed by atoms with E-state index in [1.165, 1.54) is 39.2 Å². The monoisotopic (exact) mass is 361 g/mol. The third kappa shape index (κ3) is 4.86. The number of rotatable bonds is 8. The van der Waals surface area contributed by atoms with E-state index < -0.39 is 0 Å². The number of nitrogens with one attached hydrogen (secondary N) is 1. The van der Waals surface area contributed by atoms with Crippen LogP contribution in [0.2, 0.25) is 0 Å². The van der Waals surface area contributed by atoms with Gasteiger partial charge in [-0.3, -0.25) is 14.3 Å². The molecule has 1 heterocycles. The molecule has 2 aliphatic carbocycles. The van der Waals surface area contributed by atoms with Gasteiger partial charge in [0.15, 0.2) is 0 Å². The predicted octanol–water partition coefficient (Wildman–Crippen LogP) is 3.41. The maximum absolute atomic E-state index is 12.9. The second-order valence-corrected chi connectivity index (χ2v) is 7.73. The molecule has 0 saturated heterocycles. The molecule has 1 aromatic rings. The van der Waals surface area contributed by atoms with Crippen LogP contribution < -0.4 is 5.32 Å². The van der Waals surface area contributed by atoms with Gasteiger partial charge in [-0.05, 0) is 38.2 Å². The average molecular weight is 361 g/mol. The fourth-order valence-corrected chi connectivity index (χ4v) is 4.00. The summed E-state index contributed by atoms with van der Waals surface area (Å²) < 4.78 is 6.61. The molecule has 0 unspecified atom stereocenters. The number of esters is 1. The predicted molar refractivity (Wildman–Crippen MR) is 99.0 cm³/mol. The van der Waals surface area contributed by atoms with E-state index in [-0.39, 0.29) is 24.3 Å². The van der Waals surface area contributed by atoms with E-state index >= 15 is 0 Å². The topological polar surface area (TPSA) is 73.2 Å². The molecule has 0 aromatic carbocycles. The fourth-order valence-electron chi connectivity index (χ4n) is 4.00. The van der Waals surface area contributed by atoms with Gasteiger partial charge in [0.25, 0.3) is 5.91 Å². The molecule has 0 bridgehead atoms. The van der Waals surface area contributed by atoms with Crippen LogP contribution >= 0.6 is 0 Å². The number of amides is 1. The molecule has 1 amide bonds. The van der Waals surface area contributed by atoms with Gasteiger partial charge in [-0.25, -0.2) is 0 Å². The van der Waals surface area contributed by atoms with Crippen molar-refractivity contribution in [2.45, 2.75) is 83.2 Å². The highest BCUT2D eigenvalue weighted by Gasteiger charge is 2.29. The summed E-state index contributed by atoms with van der Waals surface area (Å²) in [6.45, 7) is 2.66. The summed E-state index contributed by atoms with van der Waals surface area (Å²) in [4.78, 5) is 24.7. The van der Waals surface area contributed by atoms with Crippen LogP contribution in [0.15, 0.2) is 6.07 Å². The van der Waals surface area contributed by atoms with Crippen molar-refractivity contribution >= 4 is 11.9 Å². The van der Waals surface area contributed by atoms with Crippen LogP contribution in [-0.4, -0.2) is 34.8 Å². The minimum atomic E-state index is -0.270. The maximum Gasteiger partial charge on any atom is 0.307 e. The van der Waals surface area contributed by atoms with Crippen molar-refractivity contribution in [3.8, 4) is 0 Å². The zero-order valence-electron chi connectivity index (χ0n) is 16.0. The maximum atomic E-state index is 12.9. The van der Waals surface area contributed by atoms with Crippen molar-refractivity contribution in [2.75, 3.05) is 7.11 Å². The Balaban J connectivity index is 1.68. The first-order valence-electron chi connectivity index (χ1n) is 10.1. The number of hydrogen-bond acceptors (Lipinski definition) is 4. The van der Waals surface area contributed by atoms with E-state index in [9.17, 15) is 9.59 Å². The van der Waals surface area contributed by atoms with E-state index in [1.807, 2.05) is 13.0 Å². The number of aromatic nitrogens is 2. The van der Waals surface area contributed by atoms with E-state index in [4.69, 9.17) is 4.74 Å². The Bertz CT molecular complexity index is 630.